The number of carbonyl (C=O) groups excluding carboxylic acids is 1. The molecule has 0 fully saturated rings. The van der Waals surface area contributed by atoms with Gasteiger partial charge in [0, 0.05) is 7.11 Å². The van der Waals surface area contributed by atoms with Crippen molar-refractivity contribution in [2.24, 2.45) is 0 Å². The van der Waals surface area contributed by atoms with Crippen LogP contribution >= 0.6 is 0 Å². The zero-order chi connectivity index (χ0) is 9.78. The summed E-state index contributed by atoms with van der Waals surface area (Å²) in [5.41, 5.74) is 0. The summed E-state index contributed by atoms with van der Waals surface area (Å²) >= 11 is 0. The summed E-state index contributed by atoms with van der Waals surface area (Å²) in [5.74, 6) is -0.596. The molecule has 1 unspecified atom stereocenters. The summed E-state index contributed by atoms with van der Waals surface area (Å²) in [6, 6.07) is 0. The van der Waals surface area contributed by atoms with Crippen LogP contribution in [-0.4, -0.2) is 32.0 Å². The zero-order valence-electron chi connectivity index (χ0n) is 6.64. The van der Waals surface area contributed by atoms with Crippen LogP contribution in [0.3, 0.4) is 0 Å². The lowest BCUT2D eigenvalue weighted by Gasteiger charge is -2.14. The molecule has 0 aromatic heterocycles. The van der Waals surface area contributed by atoms with E-state index < -0.39 is 24.9 Å². The summed E-state index contributed by atoms with van der Waals surface area (Å²) in [4.78, 5) is 10.5. The number of methoxy groups -OCH3 is 1. The van der Waals surface area contributed by atoms with Crippen LogP contribution in [0, 0.1) is 0 Å². The van der Waals surface area contributed by atoms with Crippen molar-refractivity contribution < 1.29 is 27.4 Å². The fraction of sp³-hybridized carbons (Fsp3) is 0.833. The van der Waals surface area contributed by atoms with Crippen LogP contribution in [0.4, 0.5) is 13.2 Å². The largest absolute Gasteiger partial charge is 0.411 e. The minimum atomic E-state index is -4.44. The molecule has 0 radical (unpaired) electrons. The molecule has 3 nitrogen and oxygen atoms in total. The first-order valence-corrected chi connectivity index (χ1v) is 3.08. The van der Waals surface area contributed by atoms with Crippen molar-refractivity contribution in [1.82, 2.24) is 0 Å². The van der Waals surface area contributed by atoms with Crippen LogP contribution < -0.4 is 0 Å². The second-order valence-corrected chi connectivity index (χ2v) is 2.10. The third kappa shape index (κ3) is 5.09. The fourth-order valence-corrected chi connectivity index (χ4v) is 0.522. The van der Waals surface area contributed by atoms with Gasteiger partial charge in [0.25, 0.3) is 0 Å². The Balaban J connectivity index is 3.81. The maximum absolute atomic E-state index is 11.5. The SMILES string of the molecule is COC(OCC(F)(F)F)C(C)=O. The molecule has 0 saturated carbocycles. The quantitative estimate of drug-likeness (QED) is 0.617. The highest BCUT2D eigenvalue weighted by atomic mass is 19.4. The highest BCUT2D eigenvalue weighted by molar-refractivity contribution is 5.78. The Bertz CT molecular complexity index is 155. The number of hydrogen-bond donors (Lipinski definition) is 0. The van der Waals surface area contributed by atoms with E-state index in [0.29, 0.717) is 0 Å². The molecule has 0 aliphatic heterocycles. The van der Waals surface area contributed by atoms with Crippen molar-refractivity contribution >= 4 is 5.78 Å². The van der Waals surface area contributed by atoms with E-state index in [2.05, 4.69) is 9.47 Å². The van der Waals surface area contributed by atoms with Crippen molar-refractivity contribution in [3.8, 4) is 0 Å². The van der Waals surface area contributed by atoms with Gasteiger partial charge in [0.1, 0.15) is 6.61 Å². The Morgan fingerprint density at radius 1 is 1.50 bits per heavy atom. The number of ether oxygens (including phenoxy) is 2. The Labute approximate surface area is 67.4 Å². The average molecular weight is 186 g/mol. The van der Waals surface area contributed by atoms with E-state index in [1.807, 2.05) is 0 Å². The monoisotopic (exact) mass is 186 g/mol. The lowest BCUT2D eigenvalue weighted by Crippen LogP contribution is -2.29. The highest BCUT2D eigenvalue weighted by Gasteiger charge is 2.30. The predicted molar refractivity (Wildman–Crippen MR) is 33.5 cm³/mol. The molecule has 0 spiro atoms. The Morgan fingerprint density at radius 2 is 2.00 bits per heavy atom. The normalized spacial score (nSPS) is 14.4. The standard InChI is InChI=1S/C6H9F3O3/c1-4(10)5(11-2)12-3-6(7,8)9/h5H,3H2,1-2H3. The van der Waals surface area contributed by atoms with Gasteiger partial charge in [0.15, 0.2) is 5.78 Å². The van der Waals surface area contributed by atoms with E-state index in [4.69, 9.17) is 0 Å². The summed E-state index contributed by atoms with van der Waals surface area (Å²) in [5, 5.41) is 0. The van der Waals surface area contributed by atoms with E-state index in [1.54, 1.807) is 0 Å². The predicted octanol–water partition coefficient (Wildman–Crippen LogP) is 1.13. The molecule has 0 N–H and O–H groups in total. The first-order valence-electron chi connectivity index (χ1n) is 3.08. The average Bonchev–Trinajstić information content (AvgIpc) is 1.85. The molecule has 0 heterocycles. The van der Waals surface area contributed by atoms with Crippen LogP contribution in [0.5, 0.6) is 0 Å². The van der Waals surface area contributed by atoms with Gasteiger partial charge >= 0.3 is 6.18 Å². The maximum Gasteiger partial charge on any atom is 0.411 e. The van der Waals surface area contributed by atoms with Crippen molar-refractivity contribution in [2.45, 2.75) is 19.4 Å². The number of alkyl halides is 3. The van der Waals surface area contributed by atoms with Gasteiger partial charge in [-0.2, -0.15) is 13.2 Å². The molecule has 0 rings (SSSR count). The molecule has 12 heavy (non-hydrogen) atoms. The number of ketones is 1. The van der Waals surface area contributed by atoms with Crippen LogP contribution in [0.15, 0.2) is 0 Å². The van der Waals surface area contributed by atoms with Crippen molar-refractivity contribution in [3.63, 3.8) is 0 Å². The molecule has 0 saturated heterocycles. The molecule has 0 aromatic rings. The fourth-order valence-electron chi connectivity index (χ4n) is 0.522. The zero-order valence-corrected chi connectivity index (χ0v) is 6.64. The third-order valence-electron chi connectivity index (χ3n) is 0.944. The van der Waals surface area contributed by atoms with E-state index in [-0.39, 0.29) is 0 Å². The Morgan fingerprint density at radius 3 is 2.25 bits per heavy atom. The molecular formula is C6H9F3O3. The molecule has 0 amide bonds. The minimum Gasteiger partial charge on any atom is -0.349 e. The van der Waals surface area contributed by atoms with Gasteiger partial charge in [-0.05, 0) is 6.92 Å². The molecule has 6 heteroatoms. The summed E-state index contributed by atoms with van der Waals surface area (Å²) < 4.78 is 43.0. The topological polar surface area (TPSA) is 35.5 Å². The lowest BCUT2D eigenvalue weighted by atomic mass is 10.4. The van der Waals surface area contributed by atoms with Gasteiger partial charge in [-0.15, -0.1) is 0 Å². The minimum absolute atomic E-state index is 0.596. The second kappa shape index (κ2) is 4.42. The molecule has 0 aromatic carbocycles. The number of rotatable bonds is 4. The summed E-state index contributed by atoms with van der Waals surface area (Å²) in [6.07, 6.45) is -5.86. The van der Waals surface area contributed by atoms with Crippen LogP contribution in [0.2, 0.25) is 0 Å². The maximum atomic E-state index is 11.5. The summed E-state index contributed by atoms with van der Waals surface area (Å²) in [7, 11) is 1.10. The molecule has 0 bridgehead atoms. The van der Waals surface area contributed by atoms with Gasteiger partial charge < -0.3 is 9.47 Å². The highest BCUT2D eigenvalue weighted by Crippen LogP contribution is 2.15. The second-order valence-electron chi connectivity index (χ2n) is 2.10. The van der Waals surface area contributed by atoms with Crippen LogP contribution in [-0.2, 0) is 14.3 Å². The number of Topliss-reactive ketones (excluding diaryl/α,β-unsaturated/α-hetero) is 1. The molecule has 72 valence electrons. The number of hydrogen-bond acceptors (Lipinski definition) is 3. The first-order chi connectivity index (χ1) is 5.37. The lowest BCUT2D eigenvalue weighted by molar-refractivity contribution is -0.219. The van der Waals surface area contributed by atoms with Gasteiger partial charge in [0.2, 0.25) is 6.29 Å². The van der Waals surface area contributed by atoms with Gasteiger partial charge in [-0.3, -0.25) is 4.79 Å². The molecule has 1 atom stereocenters. The van der Waals surface area contributed by atoms with Crippen LogP contribution in [0.1, 0.15) is 6.92 Å². The Kier molecular flexibility index (Phi) is 4.19. The molecule has 0 aliphatic carbocycles. The third-order valence-corrected chi connectivity index (χ3v) is 0.944. The van der Waals surface area contributed by atoms with E-state index in [0.717, 1.165) is 14.0 Å². The van der Waals surface area contributed by atoms with E-state index in [1.165, 1.54) is 0 Å². The molecular weight excluding hydrogens is 177 g/mol. The summed E-state index contributed by atoms with van der Waals surface area (Å²) in [6.45, 7) is -0.393. The van der Waals surface area contributed by atoms with Crippen molar-refractivity contribution in [1.29, 1.82) is 0 Å². The van der Waals surface area contributed by atoms with Gasteiger partial charge in [0.05, 0.1) is 0 Å². The molecule has 0 aliphatic rings. The van der Waals surface area contributed by atoms with E-state index in [9.17, 15) is 18.0 Å². The van der Waals surface area contributed by atoms with Gasteiger partial charge in [-0.25, -0.2) is 0 Å². The van der Waals surface area contributed by atoms with E-state index >= 15 is 0 Å². The number of halogens is 3. The van der Waals surface area contributed by atoms with Gasteiger partial charge in [-0.1, -0.05) is 0 Å². The number of carbonyl (C=O) groups is 1. The Hall–Kier alpha value is -0.620. The smallest absolute Gasteiger partial charge is 0.349 e. The first kappa shape index (κ1) is 11.4. The van der Waals surface area contributed by atoms with Crippen LogP contribution in [0.25, 0.3) is 0 Å². The van der Waals surface area contributed by atoms with Crippen molar-refractivity contribution in [2.75, 3.05) is 13.7 Å². The van der Waals surface area contributed by atoms with Crippen molar-refractivity contribution in [3.05, 3.63) is 0 Å².